The van der Waals surface area contributed by atoms with Gasteiger partial charge in [0.05, 0.1) is 26.4 Å². The number of carbonyl (C=O) groups excluding carboxylic acids is 4. The molecule has 0 aromatic heterocycles. The molecule has 19 heteroatoms. The van der Waals surface area contributed by atoms with Crippen LogP contribution in [0.1, 0.15) is 306 Å². The molecule has 8 atom stereocenters. The quantitative estimate of drug-likeness (QED) is 0.0222. The number of phosphoric acid groups is 2. The van der Waals surface area contributed by atoms with E-state index >= 15 is 0 Å². The summed E-state index contributed by atoms with van der Waals surface area (Å²) in [4.78, 5) is 72.2. The van der Waals surface area contributed by atoms with Gasteiger partial charge >= 0.3 is 39.5 Å². The largest absolute Gasteiger partial charge is 0.472 e. The van der Waals surface area contributed by atoms with Gasteiger partial charge in [-0.15, -0.1) is 0 Å². The molecule has 17 nitrogen and oxygen atoms in total. The summed E-state index contributed by atoms with van der Waals surface area (Å²) in [6, 6.07) is 0. The van der Waals surface area contributed by atoms with Crippen LogP contribution in [0.15, 0.2) is 0 Å². The summed E-state index contributed by atoms with van der Waals surface area (Å²) in [7, 11) is -9.89. The SMILES string of the molecule is CCC(C)CCCCCCCCCCC(=O)OC[C@H](COP(=O)(O)OC[C@@H](O)COP(=O)(O)OC[C@@H](COC(=O)CCCCCCCCC(C)CC)OC(=O)CCCCCCCCCCC(C)CC)OC(=O)CCCCCCCCC(C)C. The van der Waals surface area contributed by atoms with E-state index in [2.05, 4.69) is 55.4 Å². The first-order valence-corrected chi connectivity index (χ1v) is 36.3. The summed E-state index contributed by atoms with van der Waals surface area (Å²) in [6.07, 6.45) is 33.5. The normalized spacial score (nSPS) is 15.4. The fraction of sp³-hybridized carbons (Fsp3) is 0.938. The molecule has 0 fully saturated rings. The van der Waals surface area contributed by atoms with Crippen molar-refractivity contribution < 1.29 is 80.2 Å². The highest BCUT2D eigenvalue weighted by molar-refractivity contribution is 7.47. The molecule has 0 aromatic carbocycles. The number of rotatable bonds is 61. The van der Waals surface area contributed by atoms with Crippen LogP contribution < -0.4 is 0 Å². The van der Waals surface area contributed by atoms with Crippen molar-refractivity contribution in [3.63, 3.8) is 0 Å². The average Bonchev–Trinajstić information content (AvgIpc) is 3.45. The van der Waals surface area contributed by atoms with E-state index in [1.807, 2.05) is 0 Å². The Morgan fingerprint density at radius 2 is 0.578 bits per heavy atom. The summed E-state index contributed by atoms with van der Waals surface area (Å²) in [5.74, 6) is 0.803. The second-order valence-electron chi connectivity index (χ2n) is 24.4. The van der Waals surface area contributed by atoms with E-state index in [-0.39, 0.29) is 25.7 Å². The van der Waals surface area contributed by atoms with Gasteiger partial charge in [0.1, 0.15) is 19.3 Å². The van der Waals surface area contributed by atoms with Crippen LogP contribution in [0.2, 0.25) is 0 Å². The third-order valence-corrected chi connectivity index (χ3v) is 17.6. The Hall–Kier alpha value is -1.94. The Bertz CT molecular complexity index is 1670. The molecular formula is C64H124O17P2. The minimum absolute atomic E-state index is 0.101. The molecule has 492 valence electrons. The van der Waals surface area contributed by atoms with E-state index in [1.54, 1.807) is 0 Å². The topological polar surface area (TPSA) is 237 Å². The van der Waals surface area contributed by atoms with Crippen molar-refractivity contribution in [2.75, 3.05) is 39.6 Å². The first-order valence-electron chi connectivity index (χ1n) is 33.3. The lowest BCUT2D eigenvalue weighted by atomic mass is 9.99. The predicted molar refractivity (Wildman–Crippen MR) is 331 cm³/mol. The highest BCUT2D eigenvalue weighted by Gasteiger charge is 2.30. The average molecular weight is 1230 g/mol. The lowest BCUT2D eigenvalue weighted by molar-refractivity contribution is -0.161. The van der Waals surface area contributed by atoms with Gasteiger partial charge in [0.15, 0.2) is 12.2 Å². The maximum atomic E-state index is 13.0. The van der Waals surface area contributed by atoms with Crippen molar-refractivity contribution in [2.45, 2.75) is 324 Å². The first kappa shape index (κ1) is 81.1. The summed E-state index contributed by atoms with van der Waals surface area (Å²) < 4.78 is 68.0. The molecule has 0 saturated heterocycles. The van der Waals surface area contributed by atoms with Gasteiger partial charge in [-0.1, -0.05) is 254 Å². The molecule has 0 aliphatic rings. The summed E-state index contributed by atoms with van der Waals surface area (Å²) in [6.45, 7) is 14.0. The highest BCUT2D eigenvalue weighted by Crippen LogP contribution is 2.45. The zero-order valence-corrected chi connectivity index (χ0v) is 55.6. The second-order valence-corrected chi connectivity index (χ2v) is 27.3. The van der Waals surface area contributed by atoms with Gasteiger partial charge in [0.2, 0.25) is 0 Å². The van der Waals surface area contributed by atoms with Crippen molar-refractivity contribution in [1.29, 1.82) is 0 Å². The Morgan fingerprint density at radius 1 is 0.337 bits per heavy atom. The second kappa shape index (κ2) is 54.2. The maximum absolute atomic E-state index is 13.0. The van der Waals surface area contributed by atoms with Crippen molar-refractivity contribution >= 4 is 39.5 Å². The van der Waals surface area contributed by atoms with Crippen molar-refractivity contribution in [1.82, 2.24) is 0 Å². The summed E-state index contributed by atoms with van der Waals surface area (Å²) >= 11 is 0. The molecule has 0 rings (SSSR count). The monoisotopic (exact) mass is 1230 g/mol. The molecule has 0 saturated carbocycles. The number of unbranched alkanes of at least 4 members (excludes halogenated alkanes) is 24. The predicted octanol–water partition coefficient (Wildman–Crippen LogP) is 17.4. The van der Waals surface area contributed by atoms with Crippen LogP contribution in [0, 0.1) is 23.7 Å². The lowest BCUT2D eigenvalue weighted by Crippen LogP contribution is -2.30. The minimum Gasteiger partial charge on any atom is -0.462 e. The van der Waals surface area contributed by atoms with E-state index in [9.17, 15) is 43.2 Å². The molecule has 3 N–H and O–H groups in total. The number of hydrogen-bond acceptors (Lipinski definition) is 15. The molecule has 83 heavy (non-hydrogen) atoms. The molecular weight excluding hydrogens is 1100 g/mol. The van der Waals surface area contributed by atoms with Crippen LogP contribution in [-0.4, -0.2) is 96.7 Å². The standard InChI is InChI=1S/C64H124O17P2/c1-9-55(6)41-33-25-16-12-14-18-28-36-44-61(66)74-50-60(81-64(69)47-39-31-22-20-24-32-40-54(4)5)53-79-83(72,73)77-49-58(65)48-76-82(70,71)78-52-59(51-75-62(67)45-37-29-23-21-27-35-43-57(8)11-3)80-63(68)46-38-30-19-15-13-17-26-34-42-56(7)10-2/h54-60,65H,9-53H2,1-8H3,(H,70,71)(H,72,73)/t55?,56?,57?,58-,59+,60+/m0/s1. The number of aliphatic hydroxyl groups excluding tert-OH is 1. The number of ether oxygens (including phenoxy) is 4. The number of carbonyl (C=O) groups is 4. The molecule has 0 bridgehead atoms. The molecule has 0 spiro atoms. The Balaban J connectivity index is 5.26. The number of aliphatic hydroxyl groups is 1. The minimum atomic E-state index is -4.95. The van der Waals surface area contributed by atoms with Crippen molar-refractivity contribution in [3.8, 4) is 0 Å². The van der Waals surface area contributed by atoms with E-state index in [0.29, 0.717) is 31.6 Å². The highest BCUT2D eigenvalue weighted by atomic mass is 31.2. The summed E-state index contributed by atoms with van der Waals surface area (Å²) in [5, 5.41) is 10.5. The van der Waals surface area contributed by atoms with Crippen LogP contribution >= 0.6 is 15.6 Å². The van der Waals surface area contributed by atoms with Gasteiger partial charge in [0.25, 0.3) is 0 Å². The molecule has 0 heterocycles. The van der Waals surface area contributed by atoms with Gasteiger partial charge < -0.3 is 33.8 Å². The fourth-order valence-corrected chi connectivity index (χ4v) is 10.9. The van der Waals surface area contributed by atoms with Gasteiger partial charge in [-0.05, 0) is 49.4 Å². The Morgan fingerprint density at radius 3 is 0.855 bits per heavy atom. The van der Waals surface area contributed by atoms with Crippen LogP contribution in [-0.2, 0) is 65.4 Å². The van der Waals surface area contributed by atoms with E-state index in [0.717, 1.165) is 114 Å². The maximum Gasteiger partial charge on any atom is 0.472 e. The van der Waals surface area contributed by atoms with Crippen molar-refractivity contribution in [2.24, 2.45) is 23.7 Å². The summed E-state index contributed by atoms with van der Waals surface area (Å²) in [5.41, 5.74) is 0. The molecule has 0 aliphatic carbocycles. The number of phosphoric ester groups is 2. The van der Waals surface area contributed by atoms with Gasteiger partial charge in [-0.25, -0.2) is 9.13 Å². The van der Waals surface area contributed by atoms with Crippen LogP contribution in [0.4, 0.5) is 0 Å². The molecule has 0 amide bonds. The third-order valence-electron chi connectivity index (χ3n) is 15.7. The third kappa shape index (κ3) is 55.1. The Labute approximate surface area is 505 Å². The van der Waals surface area contributed by atoms with Gasteiger partial charge in [-0.3, -0.25) is 37.3 Å². The molecule has 5 unspecified atom stereocenters. The van der Waals surface area contributed by atoms with Gasteiger partial charge in [-0.2, -0.15) is 0 Å². The first-order chi connectivity index (χ1) is 39.7. The zero-order valence-electron chi connectivity index (χ0n) is 53.8. The Kier molecular flexibility index (Phi) is 53.0. The van der Waals surface area contributed by atoms with Crippen molar-refractivity contribution in [3.05, 3.63) is 0 Å². The molecule has 0 radical (unpaired) electrons. The number of hydrogen-bond donors (Lipinski definition) is 3. The zero-order chi connectivity index (χ0) is 61.8. The van der Waals surface area contributed by atoms with E-state index in [1.165, 1.54) is 103 Å². The van der Waals surface area contributed by atoms with E-state index < -0.39 is 97.5 Å². The number of esters is 4. The fourth-order valence-electron chi connectivity index (χ4n) is 9.33. The lowest BCUT2D eigenvalue weighted by Gasteiger charge is -2.21. The van der Waals surface area contributed by atoms with E-state index in [4.69, 9.17) is 37.0 Å². The molecule has 0 aliphatic heterocycles. The van der Waals surface area contributed by atoms with Crippen LogP contribution in [0.5, 0.6) is 0 Å². The van der Waals surface area contributed by atoms with Gasteiger partial charge in [0, 0.05) is 25.7 Å². The smallest absolute Gasteiger partial charge is 0.462 e. The van der Waals surface area contributed by atoms with Crippen LogP contribution in [0.25, 0.3) is 0 Å². The van der Waals surface area contributed by atoms with Crippen LogP contribution in [0.3, 0.4) is 0 Å². The molecule has 0 aromatic rings.